The Morgan fingerprint density at radius 2 is 2.04 bits per heavy atom. The summed E-state index contributed by atoms with van der Waals surface area (Å²) in [5.41, 5.74) is 1.16. The molecule has 2 heterocycles. The lowest BCUT2D eigenvalue weighted by Gasteiger charge is -2.29. The first-order valence-corrected chi connectivity index (χ1v) is 8.44. The first kappa shape index (κ1) is 16.4. The highest BCUT2D eigenvalue weighted by Gasteiger charge is 2.25. The van der Waals surface area contributed by atoms with Crippen molar-refractivity contribution in [2.75, 3.05) is 13.7 Å². The molecule has 1 amide bonds. The first-order valence-electron chi connectivity index (χ1n) is 8.44. The van der Waals surface area contributed by atoms with E-state index in [1.807, 2.05) is 29.2 Å². The van der Waals surface area contributed by atoms with Crippen LogP contribution in [0, 0.1) is 0 Å². The Morgan fingerprint density at radius 1 is 1.21 bits per heavy atom. The molecule has 1 saturated heterocycles. The molecule has 1 aliphatic heterocycles. The number of carbonyl (C=O) groups excluding carboxylic acids is 1. The fraction of sp³-hybridized carbons (Fsp3) is 0.350. The van der Waals surface area contributed by atoms with Gasteiger partial charge in [-0.05, 0) is 48.7 Å². The van der Waals surface area contributed by atoms with E-state index in [-0.39, 0.29) is 11.9 Å². The third kappa shape index (κ3) is 3.88. The van der Waals surface area contributed by atoms with Crippen LogP contribution in [0.2, 0.25) is 0 Å². The van der Waals surface area contributed by atoms with E-state index < -0.39 is 0 Å². The predicted octanol–water partition coefficient (Wildman–Crippen LogP) is 4.45. The second kappa shape index (κ2) is 7.86. The predicted molar refractivity (Wildman–Crippen MR) is 93.7 cm³/mol. The van der Waals surface area contributed by atoms with E-state index in [2.05, 4.69) is 12.1 Å². The molecule has 0 radical (unpaired) electrons. The topological polar surface area (TPSA) is 42.7 Å². The van der Waals surface area contributed by atoms with Crippen LogP contribution in [-0.4, -0.2) is 24.5 Å². The maximum absolute atomic E-state index is 12.7. The zero-order valence-corrected chi connectivity index (χ0v) is 14.0. The molecule has 24 heavy (non-hydrogen) atoms. The minimum Gasteiger partial charge on any atom is -0.497 e. The van der Waals surface area contributed by atoms with E-state index in [1.165, 1.54) is 6.42 Å². The summed E-state index contributed by atoms with van der Waals surface area (Å²) in [6.07, 6.45) is 9.30. The molecule has 1 atom stereocenters. The van der Waals surface area contributed by atoms with E-state index in [0.29, 0.717) is 5.76 Å². The highest BCUT2D eigenvalue weighted by molar-refractivity contribution is 5.91. The second-order valence-electron chi connectivity index (χ2n) is 6.02. The van der Waals surface area contributed by atoms with Gasteiger partial charge in [0.25, 0.3) is 0 Å². The number of rotatable bonds is 4. The summed E-state index contributed by atoms with van der Waals surface area (Å²) >= 11 is 0. The zero-order valence-electron chi connectivity index (χ0n) is 14.0. The van der Waals surface area contributed by atoms with E-state index >= 15 is 0 Å². The number of hydrogen-bond acceptors (Lipinski definition) is 3. The quantitative estimate of drug-likeness (QED) is 0.780. The van der Waals surface area contributed by atoms with Gasteiger partial charge in [0.15, 0.2) is 0 Å². The molecule has 4 nitrogen and oxygen atoms in total. The van der Waals surface area contributed by atoms with Crippen molar-refractivity contribution in [3.63, 3.8) is 0 Å². The minimum absolute atomic E-state index is 0.0362. The normalized spacial score (nSPS) is 18.5. The lowest BCUT2D eigenvalue weighted by Crippen LogP contribution is -2.33. The molecular weight excluding hydrogens is 302 g/mol. The number of methoxy groups -OCH3 is 1. The maximum Gasteiger partial charge on any atom is 0.247 e. The maximum atomic E-state index is 12.7. The van der Waals surface area contributed by atoms with Gasteiger partial charge in [-0.3, -0.25) is 4.79 Å². The number of benzene rings is 1. The van der Waals surface area contributed by atoms with Gasteiger partial charge in [-0.2, -0.15) is 0 Å². The number of nitrogens with zero attached hydrogens (tertiary/aromatic N) is 1. The average molecular weight is 325 g/mol. The Kier molecular flexibility index (Phi) is 5.36. The minimum atomic E-state index is 0.0362. The highest BCUT2D eigenvalue weighted by atomic mass is 16.5. The average Bonchev–Trinajstić information content (AvgIpc) is 3.02. The van der Waals surface area contributed by atoms with E-state index in [0.717, 1.165) is 37.1 Å². The fourth-order valence-electron chi connectivity index (χ4n) is 3.18. The molecule has 1 fully saturated rings. The van der Waals surface area contributed by atoms with Gasteiger partial charge in [-0.25, -0.2) is 0 Å². The summed E-state index contributed by atoms with van der Waals surface area (Å²) in [6, 6.07) is 11.8. The summed E-state index contributed by atoms with van der Waals surface area (Å²) in [5, 5.41) is 0. The zero-order chi connectivity index (χ0) is 16.8. The molecule has 0 saturated carbocycles. The van der Waals surface area contributed by atoms with Crippen LogP contribution in [-0.2, 0) is 4.79 Å². The molecule has 0 N–H and O–H groups in total. The van der Waals surface area contributed by atoms with Crippen molar-refractivity contribution in [1.29, 1.82) is 0 Å². The third-order valence-corrected chi connectivity index (χ3v) is 4.47. The number of hydrogen-bond donors (Lipinski definition) is 0. The van der Waals surface area contributed by atoms with E-state index in [1.54, 1.807) is 25.5 Å². The van der Waals surface area contributed by atoms with Gasteiger partial charge < -0.3 is 14.1 Å². The fourth-order valence-corrected chi connectivity index (χ4v) is 3.18. The lowest BCUT2D eigenvalue weighted by atomic mass is 10.0. The molecule has 2 aromatic rings. The molecular formula is C20H23NO3. The first-order chi connectivity index (χ1) is 11.8. The SMILES string of the molecule is COc1ccc([C@H]2CCCCCN2C(=O)/C=C/c2ccco2)cc1. The summed E-state index contributed by atoms with van der Waals surface area (Å²) < 4.78 is 10.5. The van der Waals surface area contributed by atoms with Crippen molar-refractivity contribution in [2.24, 2.45) is 0 Å². The van der Waals surface area contributed by atoms with Gasteiger partial charge >= 0.3 is 0 Å². The van der Waals surface area contributed by atoms with Crippen molar-refractivity contribution < 1.29 is 13.9 Å². The van der Waals surface area contributed by atoms with Crippen LogP contribution in [0.1, 0.15) is 43.0 Å². The van der Waals surface area contributed by atoms with Gasteiger partial charge in [0, 0.05) is 12.6 Å². The number of carbonyl (C=O) groups is 1. The monoisotopic (exact) mass is 325 g/mol. The van der Waals surface area contributed by atoms with Crippen LogP contribution in [0.3, 0.4) is 0 Å². The molecule has 0 unspecified atom stereocenters. The number of ether oxygens (including phenoxy) is 1. The summed E-state index contributed by atoms with van der Waals surface area (Å²) in [6.45, 7) is 0.790. The second-order valence-corrected chi connectivity index (χ2v) is 6.02. The van der Waals surface area contributed by atoms with Gasteiger partial charge in [-0.1, -0.05) is 25.0 Å². The Bertz CT molecular complexity index is 673. The molecule has 0 aliphatic carbocycles. The highest BCUT2D eigenvalue weighted by Crippen LogP contribution is 2.31. The molecule has 1 aromatic heterocycles. The van der Waals surface area contributed by atoms with Crippen LogP contribution in [0.5, 0.6) is 5.75 Å². The Morgan fingerprint density at radius 3 is 2.75 bits per heavy atom. The molecule has 0 spiro atoms. The van der Waals surface area contributed by atoms with Crippen molar-refractivity contribution in [2.45, 2.75) is 31.7 Å². The van der Waals surface area contributed by atoms with Crippen LogP contribution in [0.4, 0.5) is 0 Å². The number of likely N-dealkylation sites (tertiary alicyclic amines) is 1. The van der Waals surface area contributed by atoms with Gasteiger partial charge in [0.1, 0.15) is 11.5 Å². The van der Waals surface area contributed by atoms with E-state index in [9.17, 15) is 4.79 Å². The Labute approximate surface area is 142 Å². The van der Waals surface area contributed by atoms with Crippen molar-refractivity contribution in [3.8, 4) is 5.75 Å². The largest absolute Gasteiger partial charge is 0.497 e. The molecule has 126 valence electrons. The van der Waals surface area contributed by atoms with Gasteiger partial charge in [0.05, 0.1) is 19.4 Å². The van der Waals surface area contributed by atoms with Crippen LogP contribution < -0.4 is 4.74 Å². The summed E-state index contributed by atoms with van der Waals surface area (Å²) in [7, 11) is 1.66. The smallest absolute Gasteiger partial charge is 0.247 e. The molecule has 4 heteroatoms. The Balaban J connectivity index is 1.79. The lowest BCUT2D eigenvalue weighted by molar-refractivity contribution is -0.128. The summed E-state index contributed by atoms with van der Waals surface area (Å²) in [5.74, 6) is 1.57. The van der Waals surface area contributed by atoms with Crippen LogP contribution in [0.15, 0.2) is 53.2 Å². The summed E-state index contributed by atoms with van der Waals surface area (Å²) in [4.78, 5) is 14.7. The number of amides is 1. The standard InChI is InChI=1S/C20H23NO3/c1-23-17-10-8-16(9-11-17)19-7-3-2-4-14-21(19)20(22)13-12-18-6-5-15-24-18/h5-6,8-13,15,19H,2-4,7,14H2,1H3/b13-12+/t19-/m1/s1. The van der Waals surface area contributed by atoms with Crippen molar-refractivity contribution in [3.05, 3.63) is 60.1 Å². The Hall–Kier alpha value is -2.49. The number of furan rings is 1. The van der Waals surface area contributed by atoms with Crippen molar-refractivity contribution in [1.82, 2.24) is 4.90 Å². The van der Waals surface area contributed by atoms with Crippen LogP contribution >= 0.6 is 0 Å². The van der Waals surface area contributed by atoms with Crippen molar-refractivity contribution >= 4 is 12.0 Å². The molecule has 3 rings (SSSR count). The molecule has 1 aliphatic rings. The van der Waals surface area contributed by atoms with Crippen LogP contribution in [0.25, 0.3) is 6.08 Å². The van der Waals surface area contributed by atoms with Gasteiger partial charge in [-0.15, -0.1) is 0 Å². The molecule has 1 aromatic carbocycles. The van der Waals surface area contributed by atoms with E-state index in [4.69, 9.17) is 9.15 Å². The molecule has 0 bridgehead atoms. The third-order valence-electron chi connectivity index (χ3n) is 4.47. The van der Waals surface area contributed by atoms with Gasteiger partial charge in [0.2, 0.25) is 5.91 Å².